The second-order valence-electron chi connectivity index (χ2n) is 10.6. The van der Waals surface area contributed by atoms with Gasteiger partial charge < -0.3 is 30.1 Å². The van der Waals surface area contributed by atoms with Crippen LogP contribution in [0.4, 0.5) is 10.5 Å². The maximum Gasteiger partial charge on any atom is 0.326 e. The van der Waals surface area contributed by atoms with Gasteiger partial charge in [-0.2, -0.15) is 0 Å². The predicted octanol–water partition coefficient (Wildman–Crippen LogP) is 3.44. The van der Waals surface area contributed by atoms with E-state index in [0.717, 1.165) is 4.90 Å². The van der Waals surface area contributed by atoms with Crippen LogP contribution in [0.1, 0.15) is 12.1 Å². The number of imide groups is 1. The Morgan fingerprint density at radius 1 is 1.11 bits per heavy atom. The van der Waals surface area contributed by atoms with Gasteiger partial charge >= 0.3 is 6.03 Å². The van der Waals surface area contributed by atoms with E-state index in [1.807, 2.05) is 0 Å². The van der Waals surface area contributed by atoms with Gasteiger partial charge in [-0.15, -0.1) is 0 Å². The maximum absolute atomic E-state index is 13.1. The van der Waals surface area contributed by atoms with Gasteiger partial charge in [0.15, 0.2) is 0 Å². The third-order valence-corrected chi connectivity index (χ3v) is 8.51. The van der Waals surface area contributed by atoms with Crippen LogP contribution < -0.4 is 15.4 Å². The summed E-state index contributed by atoms with van der Waals surface area (Å²) in [5, 5.41) is 16.8. The molecule has 44 heavy (non-hydrogen) atoms. The Hall–Kier alpha value is -3.81. The van der Waals surface area contributed by atoms with Crippen molar-refractivity contribution in [2.75, 3.05) is 46.3 Å². The third kappa shape index (κ3) is 6.35. The van der Waals surface area contributed by atoms with Crippen LogP contribution in [0.3, 0.4) is 0 Å². The van der Waals surface area contributed by atoms with E-state index < -0.39 is 29.9 Å². The minimum atomic E-state index is -1.08. The fraction of sp³-hybridized carbons (Fsp3) is 0.367. The van der Waals surface area contributed by atoms with Crippen molar-refractivity contribution in [3.8, 4) is 28.3 Å². The Bertz CT molecular complexity index is 1590. The summed E-state index contributed by atoms with van der Waals surface area (Å²) in [6.45, 7) is 1.15. The van der Waals surface area contributed by atoms with Crippen molar-refractivity contribution in [1.29, 1.82) is 0 Å². The molecule has 3 heterocycles. The summed E-state index contributed by atoms with van der Waals surface area (Å²) in [6.07, 6.45) is 1.67. The highest BCUT2D eigenvalue weighted by Crippen LogP contribution is 2.41. The fourth-order valence-electron chi connectivity index (χ4n) is 5.20. The number of halogens is 2. The van der Waals surface area contributed by atoms with Crippen LogP contribution >= 0.6 is 23.2 Å². The number of anilines is 1. The van der Waals surface area contributed by atoms with Crippen LogP contribution in [0.2, 0.25) is 10.0 Å². The number of hydrogen-bond acceptors (Lipinski definition) is 9. The zero-order chi connectivity index (χ0) is 31.5. The van der Waals surface area contributed by atoms with E-state index in [9.17, 15) is 19.5 Å². The second kappa shape index (κ2) is 13.4. The van der Waals surface area contributed by atoms with E-state index in [4.69, 9.17) is 32.7 Å². The molecule has 14 heteroatoms. The van der Waals surface area contributed by atoms with Crippen LogP contribution in [0.15, 0.2) is 42.6 Å². The number of carbonyl (C=O) groups is 3. The number of urea groups is 1. The molecule has 2 saturated heterocycles. The first-order valence-electron chi connectivity index (χ1n) is 13.9. The number of methoxy groups -OCH3 is 1. The SMILES string of the molecule is COc1nc(-c2cccc(-c3cccc(NC(=O)C4CN(C)C(=O)N(C)C4=O)c3Cl)c2Cl)cnc1CN[C@@H]1CCOC[C@@H]1O. The number of carbonyl (C=O) groups excluding carboxylic acids is 3. The summed E-state index contributed by atoms with van der Waals surface area (Å²) in [6, 6.07) is 9.89. The maximum atomic E-state index is 13.1. The molecule has 4 amide bonds. The van der Waals surface area contributed by atoms with Gasteiger partial charge in [0, 0.05) is 56.5 Å². The third-order valence-electron chi connectivity index (χ3n) is 7.70. The molecule has 1 unspecified atom stereocenters. The molecule has 2 aliphatic heterocycles. The molecule has 0 spiro atoms. The Morgan fingerprint density at radius 2 is 1.82 bits per heavy atom. The van der Waals surface area contributed by atoms with Crippen LogP contribution in [-0.4, -0.2) is 95.8 Å². The summed E-state index contributed by atoms with van der Waals surface area (Å²) >= 11 is 13.7. The standard InChI is InChI=1S/C30H32Cl2N6O6/c1-37-14-19(29(41)38(2)30(37)42)27(40)35-21-9-5-7-17(26(21)32)16-6-4-8-18(25(16)31)22-12-34-23(28(36-22)43-3)13-33-20-10-11-44-15-24(20)39/h4-9,12,19-20,24,33,39H,10-11,13-15H2,1-3H3,(H,35,40)/t19?,20-,24+/m1/s1. The number of amides is 4. The number of nitrogens with one attached hydrogen (secondary N) is 2. The van der Waals surface area contributed by atoms with Crippen molar-refractivity contribution in [3.05, 3.63) is 58.3 Å². The van der Waals surface area contributed by atoms with E-state index in [1.165, 1.54) is 26.1 Å². The largest absolute Gasteiger partial charge is 0.480 e. The lowest BCUT2D eigenvalue weighted by Gasteiger charge is -2.33. The topological polar surface area (TPSA) is 146 Å². The zero-order valence-corrected chi connectivity index (χ0v) is 25.9. The van der Waals surface area contributed by atoms with Crippen molar-refractivity contribution in [2.24, 2.45) is 5.92 Å². The molecule has 5 rings (SSSR count). The van der Waals surface area contributed by atoms with E-state index in [0.29, 0.717) is 64.2 Å². The van der Waals surface area contributed by atoms with Crippen LogP contribution in [0.5, 0.6) is 5.88 Å². The van der Waals surface area contributed by atoms with Crippen molar-refractivity contribution in [2.45, 2.75) is 25.1 Å². The van der Waals surface area contributed by atoms with Crippen LogP contribution in [-0.2, 0) is 20.9 Å². The number of benzene rings is 2. The van der Waals surface area contributed by atoms with Gasteiger partial charge in [0.25, 0.3) is 0 Å². The van der Waals surface area contributed by atoms with Crippen molar-refractivity contribution >= 4 is 46.7 Å². The number of rotatable bonds is 8. The Labute approximate surface area is 264 Å². The highest BCUT2D eigenvalue weighted by atomic mass is 35.5. The molecule has 2 aromatic carbocycles. The van der Waals surface area contributed by atoms with E-state index in [-0.39, 0.29) is 24.2 Å². The van der Waals surface area contributed by atoms with E-state index >= 15 is 0 Å². The van der Waals surface area contributed by atoms with Gasteiger partial charge in [-0.25, -0.2) is 9.78 Å². The lowest BCUT2D eigenvalue weighted by atomic mass is 10.00. The fourth-order valence-corrected chi connectivity index (χ4v) is 5.80. The van der Waals surface area contributed by atoms with Gasteiger partial charge in [0.05, 0.1) is 47.4 Å². The Balaban J connectivity index is 1.38. The Morgan fingerprint density at radius 3 is 2.55 bits per heavy atom. The summed E-state index contributed by atoms with van der Waals surface area (Å²) < 4.78 is 10.8. The molecular weight excluding hydrogens is 611 g/mol. The molecule has 12 nitrogen and oxygen atoms in total. The molecule has 3 atom stereocenters. The van der Waals surface area contributed by atoms with E-state index in [1.54, 1.807) is 42.6 Å². The lowest BCUT2D eigenvalue weighted by molar-refractivity contribution is -0.140. The monoisotopic (exact) mass is 642 g/mol. The van der Waals surface area contributed by atoms with Crippen LogP contribution in [0.25, 0.3) is 22.4 Å². The average Bonchev–Trinajstić information content (AvgIpc) is 3.02. The summed E-state index contributed by atoms with van der Waals surface area (Å²) in [5.74, 6) is -1.93. The molecule has 2 aliphatic rings. The summed E-state index contributed by atoms with van der Waals surface area (Å²) in [5.41, 5.74) is 3.06. The van der Waals surface area contributed by atoms with Gasteiger partial charge in [0.1, 0.15) is 11.6 Å². The molecule has 2 fully saturated rings. The van der Waals surface area contributed by atoms with Gasteiger partial charge in [0.2, 0.25) is 17.7 Å². The highest BCUT2D eigenvalue weighted by molar-refractivity contribution is 6.39. The summed E-state index contributed by atoms with van der Waals surface area (Å²) in [7, 11) is 4.37. The smallest absolute Gasteiger partial charge is 0.326 e. The average molecular weight is 644 g/mol. The minimum absolute atomic E-state index is 0.0458. The number of aromatic nitrogens is 2. The molecule has 232 valence electrons. The normalized spacial score (nSPS) is 20.5. The molecule has 0 bridgehead atoms. The number of aliphatic hydroxyl groups excluding tert-OH is 1. The first-order chi connectivity index (χ1) is 21.1. The predicted molar refractivity (Wildman–Crippen MR) is 164 cm³/mol. The number of aliphatic hydroxyl groups is 1. The first-order valence-corrected chi connectivity index (χ1v) is 14.7. The van der Waals surface area contributed by atoms with E-state index in [2.05, 4.69) is 20.6 Å². The molecule has 3 N–H and O–H groups in total. The summed E-state index contributed by atoms with van der Waals surface area (Å²) in [4.78, 5) is 49.2. The van der Waals surface area contributed by atoms with Crippen LogP contribution in [0, 0.1) is 5.92 Å². The number of hydrogen-bond donors (Lipinski definition) is 3. The van der Waals surface area contributed by atoms with Crippen molar-refractivity contribution in [1.82, 2.24) is 25.1 Å². The molecule has 3 aromatic rings. The number of nitrogens with zero attached hydrogens (tertiary/aromatic N) is 4. The van der Waals surface area contributed by atoms with Crippen molar-refractivity contribution in [3.63, 3.8) is 0 Å². The highest BCUT2D eigenvalue weighted by Gasteiger charge is 2.39. The molecular formula is C30H32Cl2N6O6. The molecule has 1 aromatic heterocycles. The van der Waals surface area contributed by atoms with Gasteiger partial charge in [-0.3, -0.25) is 19.5 Å². The molecule has 0 aliphatic carbocycles. The number of ether oxygens (including phenoxy) is 2. The lowest BCUT2D eigenvalue weighted by Crippen LogP contribution is -2.56. The zero-order valence-electron chi connectivity index (χ0n) is 24.3. The first kappa shape index (κ1) is 31.6. The van der Waals surface area contributed by atoms with Crippen molar-refractivity contribution < 1.29 is 29.0 Å². The van der Waals surface area contributed by atoms with Gasteiger partial charge in [-0.05, 0) is 12.5 Å². The minimum Gasteiger partial charge on any atom is -0.480 e. The van der Waals surface area contributed by atoms with Gasteiger partial charge in [-0.1, -0.05) is 53.5 Å². The molecule has 0 saturated carbocycles. The second-order valence-corrected chi connectivity index (χ2v) is 11.3. The Kier molecular flexibility index (Phi) is 9.66. The molecule has 0 radical (unpaired) electrons. The quantitative estimate of drug-likeness (QED) is 0.314.